The second kappa shape index (κ2) is 9.21. The van der Waals surface area contributed by atoms with Crippen molar-refractivity contribution >= 4 is 11.9 Å². The van der Waals surface area contributed by atoms with Crippen LogP contribution in [0.5, 0.6) is 5.75 Å². The number of rotatable bonds is 9. The monoisotopic (exact) mass is 417 g/mol. The number of hydrogen-bond acceptors (Lipinski definition) is 5. The molecule has 1 aliphatic rings. The number of unbranched alkanes of at least 4 members (excludes halogenated alkanes) is 1. The minimum atomic E-state index is -2.93. The number of hydrogen-bond donors (Lipinski definition) is 1. The first-order valence-corrected chi connectivity index (χ1v) is 9.74. The van der Waals surface area contributed by atoms with E-state index >= 15 is 0 Å². The SMILES string of the molecule is CCCCOCc1cccc(C2(c3ccc(OC(F)F)cc3)N=C(N)N(C)C2=O)c1. The number of halogens is 2. The summed E-state index contributed by atoms with van der Waals surface area (Å²) in [7, 11) is 1.55. The van der Waals surface area contributed by atoms with Crippen molar-refractivity contribution in [1.82, 2.24) is 4.90 Å². The second-order valence-corrected chi connectivity index (χ2v) is 7.05. The van der Waals surface area contributed by atoms with E-state index in [9.17, 15) is 13.6 Å². The molecule has 0 aliphatic carbocycles. The third kappa shape index (κ3) is 4.28. The van der Waals surface area contributed by atoms with Gasteiger partial charge in [-0.15, -0.1) is 0 Å². The van der Waals surface area contributed by atoms with Gasteiger partial charge in [-0.05, 0) is 35.2 Å². The molecular weight excluding hydrogens is 392 g/mol. The van der Waals surface area contributed by atoms with E-state index in [0.29, 0.717) is 24.3 Å². The number of ether oxygens (including phenoxy) is 2. The van der Waals surface area contributed by atoms with Crippen molar-refractivity contribution in [3.63, 3.8) is 0 Å². The Morgan fingerprint density at radius 2 is 1.90 bits per heavy atom. The number of nitrogens with two attached hydrogens (primary N) is 1. The van der Waals surface area contributed by atoms with Crippen LogP contribution in [0.15, 0.2) is 53.5 Å². The Bertz CT molecular complexity index is 918. The maximum Gasteiger partial charge on any atom is 0.387 e. The topological polar surface area (TPSA) is 77.2 Å². The second-order valence-electron chi connectivity index (χ2n) is 7.05. The molecule has 1 aliphatic heterocycles. The lowest BCUT2D eigenvalue weighted by atomic mass is 9.82. The number of alkyl halides is 2. The van der Waals surface area contributed by atoms with Gasteiger partial charge >= 0.3 is 6.61 Å². The summed E-state index contributed by atoms with van der Waals surface area (Å²) in [6, 6.07) is 13.3. The molecule has 1 atom stereocenters. The molecule has 0 saturated heterocycles. The van der Waals surface area contributed by atoms with Crippen LogP contribution in [-0.4, -0.2) is 37.0 Å². The van der Waals surface area contributed by atoms with Crippen molar-refractivity contribution in [2.24, 2.45) is 10.7 Å². The molecule has 2 aromatic rings. The third-order valence-electron chi connectivity index (χ3n) is 4.99. The van der Waals surface area contributed by atoms with Crippen molar-refractivity contribution < 1.29 is 23.0 Å². The molecule has 1 amide bonds. The van der Waals surface area contributed by atoms with Crippen LogP contribution in [-0.2, 0) is 21.7 Å². The van der Waals surface area contributed by atoms with Crippen LogP contribution in [0.2, 0.25) is 0 Å². The first-order valence-electron chi connectivity index (χ1n) is 9.74. The molecule has 8 heteroatoms. The lowest BCUT2D eigenvalue weighted by Gasteiger charge is -2.26. The van der Waals surface area contributed by atoms with Crippen molar-refractivity contribution in [2.75, 3.05) is 13.7 Å². The Morgan fingerprint density at radius 1 is 1.17 bits per heavy atom. The zero-order valence-electron chi connectivity index (χ0n) is 17.0. The molecule has 160 valence electrons. The van der Waals surface area contributed by atoms with Gasteiger partial charge in [0.25, 0.3) is 5.91 Å². The molecule has 0 saturated carbocycles. The summed E-state index contributed by atoms with van der Waals surface area (Å²) in [6.07, 6.45) is 2.02. The van der Waals surface area contributed by atoms with Crippen LogP contribution in [0.1, 0.15) is 36.5 Å². The maximum atomic E-state index is 13.3. The molecule has 0 aromatic heterocycles. The molecule has 1 heterocycles. The highest BCUT2D eigenvalue weighted by Gasteiger charge is 2.49. The number of carbonyl (C=O) groups is 1. The molecule has 6 nitrogen and oxygen atoms in total. The minimum absolute atomic E-state index is 0.00210. The van der Waals surface area contributed by atoms with Gasteiger partial charge in [0.15, 0.2) is 11.5 Å². The number of likely N-dealkylation sites (N-methyl/N-ethyl adjacent to an activating group) is 1. The highest BCUT2D eigenvalue weighted by atomic mass is 19.3. The van der Waals surface area contributed by atoms with Crippen LogP contribution in [0.4, 0.5) is 8.78 Å². The van der Waals surface area contributed by atoms with E-state index < -0.39 is 12.2 Å². The zero-order valence-corrected chi connectivity index (χ0v) is 17.0. The van der Waals surface area contributed by atoms with E-state index in [1.165, 1.54) is 17.0 Å². The van der Waals surface area contributed by atoms with Crippen molar-refractivity contribution in [3.05, 3.63) is 65.2 Å². The average molecular weight is 417 g/mol. The van der Waals surface area contributed by atoms with E-state index in [1.54, 1.807) is 25.2 Å². The average Bonchev–Trinajstić information content (AvgIpc) is 2.96. The standard InChI is InChI=1S/C22H25F2N3O3/c1-3-4-12-29-14-15-6-5-7-17(13-15)22(19(28)27(2)21(25)26-22)16-8-10-18(11-9-16)30-20(23)24/h5-11,13,20H,3-4,12,14H2,1-2H3,(H2,25,26). The van der Waals surface area contributed by atoms with Gasteiger partial charge in [-0.25, -0.2) is 4.99 Å². The zero-order chi connectivity index (χ0) is 21.7. The smallest absolute Gasteiger partial charge is 0.387 e. The first-order chi connectivity index (χ1) is 14.4. The van der Waals surface area contributed by atoms with Gasteiger partial charge in [0.05, 0.1) is 6.61 Å². The molecule has 0 fully saturated rings. The summed E-state index contributed by atoms with van der Waals surface area (Å²) in [5, 5.41) is 0. The molecule has 2 N–H and O–H groups in total. The van der Waals surface area contributed by atoms with E-state index in [2.05, 4.69) is 16.7 Å². The van der Waals surface area contributed by atoms with E-state index in [4.69, 9.17) is 10.5 Å². The fraction of sp³-hybridized carbons (Fsp3) is 0.364. The fourth-order valence-electron chi connectivity index (χ4n) is 3.38. The minimum Gasteiger partial charge on any atom is -0.435 e. The predicted molar refractivity (Wildman–Crippen MR) is 109 cm³/mol. The van der Waals surface area contributed by atoms with Crippen LogP contribution >= 0.6 is 0 Å². The summed E-state index contributed by atoms with van der Waals surface area (Å²) in [5.74, 6) is -0.248. The van der Waals surface area contributed by atoms with E-state index in [1.807, 2.05) is 18.2 Å². The molecule has 3 rings (SSSR count). The van der Waals surface area contributed by atoms with Gasteiger partial charge < -0.3 is 15.2 Å². The van der Waals surface area contributed by atoms with E-state index in [-0.39, 0.29) is 17.6 Å². The number of guanidine groups is 1. The molecule has 0 radical (unpaired) electrons. The van der Waals surface area contributed by atoms with Crippen LogP contribution in [0, 0.1) is 0 Å². The highest BCUT2D eigenvalue weighted by Crippen LogP contribution is 2.40. The number of nitrogens with zero attached hydrogens (tertiary/aromatic N) is 2. The van der Waals surface area contributed by atoms with Gasteiger partial charge in [0, 0.05) is 13.7 Å². The number of carbonyl (C=O) groups excluding carboxylic acids is 1. The van der Waals surface area contributed by atoms with Crippen LogP contribution < -0.4 is 10.5 Å². The summed E-state index contributed by atoms with van der Waals surface area (Å²) >= 11 is 0. The Balaban J connectivity index is 2.00. The molecular formula is C22H25F2N3O3. The number of benzene rings is 2. The normalized spacial score (nSPS) is 18.8. The number of aliphatic imine (C=N–C) groups is 1. The van der Waals surface area contributed by atoms with Gasteiger partial charge in [0.1, 0.15) is 5.75 Å². The first kappa shape index (κ1) is 21.7. The Kier molecular flexibility index (Phi) is 6.66. The summed E-state index contributed by atoms with van der Waals surface area (Å²) in [5.41, 5.74) is 6.60. The Hall–Kier alpha value is -3.00. The van der Waals surface area contributed by atoms with Gasteiger partial charge in [-0.1, -0.05) is 49.7 Å². The van der Waals surface area contributed by atoms with Gasteiger partial charge in [-0.2, -0.15) is 8.78 Å². The highest BCUT2D eigenvalue weighted by molar-refractivity contribution is 6.08. The molecule has 30 heavy (non-hydrogen) atoms. The fourth-order valence-corrected chi connectivity index (χ4v) is 3.38. The largest absolute Gasteiger partial charge is 0.435 e. The summed E-state index contributed by atoms with van der Waals surface area (Å²) < 4.78 is 35.1. The van der Waals surface area contributed by atoms with Crippen LogP contribution in [0.25, 0.3) is 0 Å². The van der Waals surface area contributed by atoms with Crippen LogP contribution in [0.3, 0.4) is 0 Å². The van der Waals surface area contributed by atoms with Crippen molar-refractivity contribution in [3.8, 4) is 5.75 Å². The van der Waals surface area contributed by atoms with Crippen molar-refractivity contribution in [2.45, 2.75) is 38.5 Å². The molecule has 1 unspecified atom stereocenters. The van der Waals surface area contributed by atoms with Gasteiger partial charge in [-0.3, -0.25) is 9.69 Å². The predicted octanol–water partition coefficient (Wildman–Crippen LogP) is 3.64. The number of amides is 1. The summed E-state index contributed by atoms with van der Waals surface area (Å²) in [4.78, 5) is 19.1. The molecule has 0 spiro atoms. The van der Waals surface area contributed by atoms with E-state index in [0.717, 1.165) is 18.4 Å². The Morgan fingerprint density at radius 3 is 2.50 bits per heavy atom. The Labute approximate surface area is 174 Å². The third-order valence-corrected chi connectivity index (χ3v) is 4.99. The molecule has 2 aromatic carbocycles. The van der Waals surface area contributed by atoms with Gasteiger partial charge in [0.2, 0.25) is 0 Å². The van der Waals surface area contributed by atoms with Crippen molar-refractivity contribution in [1.29, 1.82) is 0 Å². The summed E-state index contributed by atoms with van der Waals surface area (Å²) in [6.45, 7) is 0.233. The molecule has 0 bridgehead atoms. The quantitative estimate of drug-likeness (QED) is 0.632. The lowest BCUT2D eigenvalue weighted by Crippen LogP contribution is -2.41. The maximum absolute atomic E-state index is 13.3. The lowest BCUT2D eigenvalue weighted by molar-refractivity contribution is -0.129.